The molecule has 1 heterocycles. The summed E-state index contributed by atoms with van der Waals surface area (Å²) in [4.78, 5) is 13.9. The van der Waals surface area contributed by atoms with E-state index >= 15 is 0 Å². The molecule has 1 aliphatic heterocycles. The first-order valence-electron chi connectivity index (χ1n) is 7.63. The molecule has 2 fully saturated rings. The molecule has 3 rings (SSSR count). The van der Waals surface area contributed by atoms with Crippen molar-refractivity contribution in [3.8, 4) is 0 Å². The Morgan fingerprint density at radius 1 is 1.25 bits per heavy atom. The average Bonchev–Trinajstić information content (AvgIpc) is 2.45. The fraction of sp³-hybridized carbons (Fsp3) is 0.588. The first kappa shape index (κ1) is 13.5. The summed E-state index contributed by atoms with van der Waals surface area (Å²) in [5.74, 6) is 0.881. The summed E-state index contributed by atoms with van der Waals surface area (Å²) in [6, 6.07) is 9.86. The van der Waals surface area contributed by atoms with Gasteiger partial charge in [0.1, 0.15) is 6.61 Å². The van der Waals surface area contributed by atoms with Gasteiger partial charge in [-0.3, -0.25) is 0 Å². The van der Waals surface area contributed by atoms with Crippen LogP contribution in [0, 0.1) is 11.3 Å². The Kier molecular flexibility index (Phi) is 3.68. The van der Waals surface area contributed by atoms with Gasteiger partial charge in [0.05, 0.1) is 0 Å². The second kappa shape index (κ2) is 5.47. The van der Waals surface area contributed by atoms with E-state index in [1.807, 2.05) is 35.2 Å². The molecular formula is C17H23NO2. The van der Waals surface area contributed by atoms with Crippen molar-refractivity contribution in [2.24, 2.45) is 11.3 Å². The molecule has 0 radical (unpaired) electrons. The molecule has 1 aromatic carbocycles. The Hall–Kier alpha value is -1.51. The van der Waals surface area contributed by atoms with E-state index in [2.05, 4.69) is 6.92 Å². The van der Waals surface area contributed by atoms with Gasteiger partial charge in [-0.1, -0.05) is 37.3 Å². The number of amides is 1. The zero-order chi connectivity index (χ0) is 14.0. The van der Waals surface area contributed by atoms with E-state index in [0.717, 1.165) is 37.4 Å². The van der Waals surface area contributed by atoms with Crippen molar-refractivity contribution in [3.05, 3.63) is 35.9 Å². The van der Waals surface area contributed by atoms with Crippen molar-refractivity contribution in [2.75, 3.05) is 13.1 Å². The van der Waals surface area contributed by atoms with Crippen LogP contribution in [-0.4, -0.2) is 24.1 Å². The number of hydrogen-bond donors (Lipinski definition) is 0. The highest BCUT2D eigenvalue weighted by molar-refractivity contribution is 5.67. The van der Waals surface area contributed by atoms with Gasteiger partial charge in [0, 0.05) is 13.1 Å². The fourth-order valence-corrected chi connectivity index (χ4v) is 3.80. The molecule has 3 nitrogen and oxygen atoms in total. The third-order valence-electron chi connectivity index (χ3n) is 4.85. The smallest absolute Gasteiger partial charge is 0.410 e. The van der Waals surface area contributed by atoms with Crippen molar-refractivity contribution < 1.29 is 9.53 Å². The Morgan fingerprint density at radius 3 is 2.50 bits per heavy atom. The third kappa shape index (κ3) is 2.82. The van der Waals surface area contributed by atoms with E-state index in [0.29, 0.717) is 12.0 Å². The lowest BCUT2D eigenvalue weighted by molar-refractivity contribution is -0.00753. The molecular weight excluding hydrogens is 250 g/mol. The summed E-state index contributed by atoms with van der Waals surface area (Å²) >= 11 is 0. The molecule has 0 atom stereocenters. The number of hydrogen-bond acceptors (Lipinski definition) is 2. The number of nitrogens with zero attached hydrogens (tertiary/aromatic N) is 1. The lowest BCUT2D eigenvalue weighted by atomic mass is 9.58. The van der Waals surface area contributed by atoms with Crippen LogP contribution in [0.5, 0.6) is 0 Å². The molecule has 0 aromatic heterocycles. The van der Waals surface area contributed by atoms with Crippen LogP contribution in [0.2, 0.25) is 0 Å². The molecule has 108 valence electrons. The standard InChI is InChI=1S/C17H23NO2/c1-14-11-17(12-14)7-9-18(10-8-17)16(19)20-13-15-5-3-2-4-6-15/h2-6,14H,7-13H2,1H3. The molecule has 1 saturated heterocycles. The van der Waals surface area contributed by atoms with E-state index in [4.69, 9.17) is 4.74 Å². The van der Waals surface area contributed by atoms with Crippen molar-refractivity contribution >= 4 is 6.09 Å². The van der Waals surface area contributed by atoms with E-state index in [-0.39, 0.29) is 6.09 Å². The normalized spacial score (nSPS) is 21.6. The highest BCUT2D eigenvalue weighted by Gasteiger charge is 2.44. The molecule has 2 aliphatic rings. The molecule has 3 heteroatoms. The van der Waals surface area contributed by atoms with Gasteiger partial charge < -0.3 is 9.64 Å². The molecule has 20 heavy (non-hydrogen) atoms. The maximum Gasteiger partial charge on any atom is 0.410 e. The number of benzene rings is 1. The number of likely N-dealkylation sites (tertiary alicyclic amines) is 1. The molecule has 1 amide bonds. The zero-order valence-electron chi connectivity index (χ0n) is 12.2. The second-order valence-corrected chi connectivity index (χ2v) is 6.54. The highest BCUT2D eigenvalue weighted by Crippen LogP contribution is 2.52. The summed E-state index contributed by atoms with van der Waals surface area (Å²) < 4.78 is 5.40. The van der Waals surface area contributed by atoms with Crippen molar-refractivity contribution in [1.82, 2.24) is 4.90 Å². The van der Waals surface area contributed by atoms with Crippen molar-refractivity contribution in [2.45, 2.75) is 39.2 Å². The average molecular weight is 273 g/mol. The zero-order valence-corrected chi connectivity index (χ0v) is 12.2. The predicted molar refractivity (Wildman–Crippen MR) is 78.3 cm³/mol. The Balaban J connectivity index is 1.45. The summed E-state index contributed by atoms with van der Waals surface area (Å²) in [6.07, 6.45) is 4.84. The van der Waals surface area contributed by atoms with Crippen LogP contribution in [0.25, 0.3) is 0 Å². The molecule has 0 N–H and O–H groups in total. The molecule has 0 bridgehead atoms. The summed E-state index contributed by atoms with van der Waals surface area (Å²) in [6.45, 7) is 4.42. The molecule has 1 saturated carbocycles. The van der Waals surface area contributed by atoms with Crippen LogP contribution in [0.3, 0.4) is 0 Å². The second-order valence-electron chi connectivity index (χ2n) is 6.54. The Labute approximate surface area is 120 Å². The number of rotatable bonds is 2. The first-order valence-corrected chi connectivity index (χ1v) is 7.63. The minimum absolute atomic E-state index is 0.156. The Morgan fingerprint density at radius 2 is 1.90 bits per heavy atom. The lowest BCUT2D eigenvalue weighted by Crippen LogP contribution is -2.48. The molecule has 0 unspecified atom stereocenters. The van der Waals surface area contributed by atoms with Gasteiger partial charge in [-0.15, -0.1) is 0 Å². The van der Waals surface area contributed by atoms with Crippen LogP contribution in [0.4, 0.5) is 4.79 Å². The van der Waals surface area contributed by atoms with E-state index in [1.54, 1.807) is 0 Å². The number of carbonyl (C=O) groups is 1. The van der Waals surface area contributed by atoms with Gasteiger partial charge in [0.25, 0.3) is 0 Å². The minimum atomic E-state index is -0.156. The van der Waals surface area contributed by atoms with Gasteiger partial charge in [0.2, 0.25) is 0 Å². The third-order valence-corrected chi connectivity index (χ3v) is 4.85. The summed E-state index contributed by atoms with van der Waals surface area (Å²) in [7, 11) is 0. The summed E-state index contributed by atoms with van der Waals surface area (Å²) in [5.41, 5.74) is 1.59. The van der Waals surface area contributed by atoms with Gasteiger partial charge in [0.15, 0.2) is 0 Å². The van der Waals surface area contributed by atoms with Crippen LogP contribution in [-0.2, 0) is 11.3 Å². The SMILES string of the molecule is CC1CC2(CCN(C(=O)OCc3ccccc3)CC2)C1. The monoisotopic (exact) mass is 273 g/mol. The van der Waals surface area contributed by atoms with Crippen LogP contribution >= 0.6 is 0 Å². The minimum Gasteiger partial charge on any atom is -0.445 e. The molecule has 1 aromatic rings. The largest absolute Gasteiger partial charge is 0.445 e. The number of carbonyl (C=O) groups excluding carboxylic acids is 1. The quantitative estimate of drug-likeness (QED) is 0.819. The van der Waals surface area contributed by atoms with Crippen LogP contribution in [0.15, 0.2) is 30.3 Å². The van der Waals surface area contributed by atoms with E-state index in [9.17, 15) is 4.79 Å². The van der Waals surface area contributed by atoms with Gasteiger partial charge >= 0.3 is 6.09 Å². The lowest BCUT2D eigenvalue weighted by Gasteiger charge is -2.51. The fourth-order valence-electron chi connectivity index (χ4n) is 3.80. The summed E-state index contributed by atoms with van der Waals surface area (Å²) in [5, 5.41) is 0. The van der Waals surface area contributed by atoms with E-state index < -0.39 is 0 Å². The maximum atomic E-state index is 12.1. The molecule has 1 spiro atoms. The predicted octanol–water partition coefficient (Wildman–Crippen LogP) is 3.84. The maximum absolute atomic E-state index is 12.1. The first-order chi connectivity index (χ1) is 9.67. The van der Waals surface area contributed by atoms with Gasteiger partial charge in [-0.25, -0.2) is 4.79 Å². The topological polar surface area (TPSA) is 29.5 Å². The molecule has 1 aliphatic carbocycles. The number of ether oxygens (including phenoxy) is 1. The van der Waals surface area contributed by atoms with Crippen LogP contribution < -0.4 is 0 Å². The van der Waals surface area contributed by atoms with Gasteiger partial charge in [-0.05, 0) is 42.6 Å². The highest BCUT2D eigenvalue weighted by atomic mass is 16.6. The van der Waals surface area contributed by atoms with Crippen LogP contribution in [0.1, 0.15) is 38.2 Å². The number of piperidine rings is 1. The van der Waals surface area contributed by atoms with Gasteiger partial charge in [-0.2, -0.15) is 0 Å². The van der Waals surface area contributed by atoms with E-state index in [1.165, 1.54) is 12.8 Å². The Bertz CT molecular complexity index is 455. The van der Waals surface area contributed by atoms with Crippen molar-refractivity contribution in [3.63, 3.8) is 0 Å². The van der Waals surface area contributed by atoms with Crippen molar-refractivity contribution in [1.29, 1.82) is 0 Å².